The Bertz CT molecular complexity index is 1050. The van der Waals surface area contributed by atoms with Gasteiger partial charge in [-0.3, -0.25) is 14.5 Å². The maximum atomic E-state index is 12.5. The summed E-state index contributed by atoms with van der Waals surface area (Å²) in [7, 11) is 3.18. The molecule has 0 radical (unpaired) electrons. The number of carbonyl (C=O) groups is 2. The van der Waals surface area contributed by atoms with E-state index in [0.717, 1.165) is 35.6 Å². The maximum Gasteiger partial charge on any atom is 0.302 e. The van der Waals surface area contributed by atoms with Gasteiger partial charge in [-0.15, -0.1) is 0 Å². The fourth-order valence-corrected chi connectivity index (χ4v) is 4.45. The number of ether oxygens (including phenoxy) is 3. The molecule has 0 atom stereocenters. The molecule has 1 saturated heterocycles. The van der Waals surface area contributed by atoms with E-state index in [1.165, 1.54) is 16.8 Å². The van der Waals surface area contributed by atoms with E-state index in [0.29, 0.717) is 43.6 Å². The number of methoxy groups -OCH3 is 2. The van der Waals surface area contributed by atoms with Crippen LogP contribution in [0.1, 0.15) is 11.1 Å². The summed E-state index contributed by atoms with van der Waals surface area (Å²) in [4.78, 5) is 26.8. The molecule has 2 aromatic carbocycles. The van der Waals surface area contributed by atoms with Gasteiger partial charge in [0.2, 0.25) is 5.91 Å². The van der Waals surface area contributed by atoms with E-state index in [1.807, 2.05) is 42.5 Å². The molecule has 0 aliphatic carbocycles. The third-order valence-electron chi connectivity index (χ3n) is 5.54. The minimum atomic E-state index is -0.105. The molecular weight excluding hydrogens is 456 g/mol. The average Bonchev–Trinajstić information content (AvgIpc) is 2.86. The van der Waals surface area contributed by atoms with Crippen LogP contribution in [0.5, 0.6) is 11.5 Å². The first-order chi connectivity index (χ1) is 16.6. The summed E-state index contributed by atoms with van der Waals surface area (Å²) < 4.78 is 16.0. The van der Waals surface area contributed by atoms with Crippen molar-refractivity contribution in [3.8, 4) is 11.5 Å². The van der Waals surface area contributed by atoms with Crippen molar-refractivity contribution in [3.63, 3.8) is 0 Å². The Morgan fingerprint density at radius 2 is 1.82 bits per heavy atom. The highest BCUT2D eigenvalue weighted by Crippen LogP contribution is 2.30. The lowest BCUT2D eigenvalue weighted by Gasteiger charge is -2.25. The van der Waals surface area contributed by atoms with Crippen LogP contribution in [0.25, 0.3) is 0 Å². The number of rotatable bonds is 8. The lowest BCUT2D eigenvalue weighted by molar-refractivity contribution is -0.118. The number of benzene rings is 2. The van der Waals surface area contributed by atoms with Crippen LogP contribution in [0.2, 0.25) is 0 Å². The molecule has 0 unspecified atom stereocenters. The summed E-state index contributed by atoms with van der Waals surface area (Å²) in [5.74, 6) is 1.68. The van der Waals surface area contributed by atoms with Crippen molar-refractivity contribution < 1.29 is 23.8 Å². The lowest BCUT2D eigenvalue weighted by Crippen LogP contribution is -2.41. The third-order valence-corrected chi connectivity index (χ3v) is 6.42. The van der Waals surface area contributed by atoms with Gasteiger partial charge in [-0.1, -0.05) is 23.9 Å². The summed E-state index contributed by atoms with van der Waals surface area (Å²) in [5.41, 5.74) is 3.30. The fourth-order valence-electron chi connectivity index (χ4n) is 3.71. The molecule has 10 heteroatoms. The van der Waals surface area contributed by atoms with Crippen LogP contribution in [0, 0.1) is 0 Å². The number of hydrogen-bond acceptors (Lipinski definition) is 8. The zero-order valence-corrected chi connectivity index (χ0v) is 20.1. The largest absolute Gasteiger partial charge is 0.493 e. The smallest absolute Gasteiger partial charge is 0.302 e. The summed E-state index contributed by atoms with van der Waals surface area (Å²) in [5, 5.41) is 8.87. The van der Waals surface area contributed by atoms with Crippen LogP contribution in [0.15, 0.2) is 47.6 Å². The second-order valence-electron chi connectivity index (χ2n) is 7.86. The van der Waals surface area contributed by atoms with Crippen molar-refractivity contribution in [2.45, 2.75) is 6.54 Å². The van der Waals surface area contributed by atoms with Gasteiger partial charge < -0.3 is 19.5 Å². The first-order valence-electron chi connectivity index (χ1n) is 11.0. The zero-order chi connectivity index (χ0) is 23.9. The molecule has 0 aromatic heterocycles. The van der Waals surface area contributed by atoms with E-state index in [2.05, 4.69) is 15.3 Å². The van der Waals surface area contributed by atoms with E-state index < -0.39 is 0 Å². The molecule has 1 N–H and O–H groups in total. The maximum absolute atomic E-state index is 12.5. The van der Waals surface area contributed by atoms with Crippen LogP contribution < -0.4 is 14.8 Å². The van der Waals surface area contributed by atoms with Crippen molar-refractivity contribution in [2.75, 3.05) is 58.1 Å². The number of thioether (sulfide) groups is 1. The van der Waals surface area contributed by atoms with Gasteiger partial charge in [0.05, 0.1) is 46.2 Å². The standard InChI is InChI=1S/C24H28N4O5S/c1-31-21-8-5-18(13-22(21)32-2)20-16-34-24(30)28(26-20)14-17-3-6-19(7-4-17)25-23(29)15-27-9-11-33-12-10-27/h3-8,13H,9-12,14-16H2,1-2H3,(H,25,29). The normalized spacial score (nSPS) is 16.7. The SMILES string of the molecule is COc1ccc(C2=NN(Cc3ccc(NC(=O)CN4CCOCC4)cc3)C(=O)SC2)cc1OC. The van der Waals surface area contributed by atoms with E-state index in [1.54, 1.807) is 14.2 Å². The molecular formula is C24H28N4O5S. The molecule has 34 heavy (non-hydrogen) atoms. The van der Waals surface area contributed by atoms with Crippen molar-refractivity contribution in [3.05, 3.63) is 53.6 Å². The van der Waals surface area contributed by atoms with Gasteiger partial charge in [0, 0.05) is 30.1 Å². The Hall–Kier alpha value is -3.08. The Balaban J connectivity index is 1.39. The van der Waals surface area contributed by atoms with Crippen LogP contribution in [-0.2, 0) is 16.1 Å². The van der Waals surface area contributed by atoms with Crippen LogP contribution in [0.3, 0.4) is 0 Å². The van der Waals surface area contributed by atoms with Crippen molar-refractivity contribution >= 4 is 34.3 Å². The van der Waals surface area contributed by atoms with Crippen molar-refractivity contribution in [2.24, 2.45) is 5.10 Å². The highest BCUT2D eigenvalue weighted by atomic mass is 32.2. The van der Waals surface area contributed by atoms with E-state index >= 15 is 0 Å². The lowest BCUT2D eigenvalue weighted by atomic mass is 10.1. The molecule has 2 heterocycles. The highest BCUT2D eigenvalue weighted by molar-refractivity contribution is 8.14. The molecule has 1 fully saturated rings. The molecule has 2 aliphatic rings. The second kappa shape index (κ2) is 11.4. The Labute approximate surface area is 203 Å². The molecule has 9 nitrogen and oxygen atoms in total. The van der Waals surface area contributed by atoms with Gasteiger partial charge in [-0.05, 0) is 35.9 Å². The molecule has 0 spiro atoms. The summed E-state index contributed by atoms with van der Waals surface area (Å²) >= 11 is 1.21. The summed E-state index contributed by atoms with van der Waals surface area (Å²) in [6.45, 7) is 3.53. The number of anilines is 1. The van der Waals surface area contributed by atoms with Gasteiger partial charge in [0.15, 0.2) is 11.5 Å². The number of carbonyl (C=O) groups excluding carboxylic acids is 2. The summed E-state index contributed by atoms with van der Waals surface area (Å²) in [6.07, 6.45) is 0. The van der Waals surface area contributed by atoms with Gasteiger partial charge >= 0.3 is 5.24 Å². The van der Waals surface area contributed by atoms with Crippen LogP contribution >= 0.6 is 11.8 Å². The van der Waals surface area contributed by atoms with Crippen LogP contribution in [0.4, 0.5) is 10.5 Å². The first kappa shape index (κ1) is 24.1. The van der Waals surface area contributed by atoms with E-state index in [-0.39, 0.29) is 11.1 Å². The Morgan fingerprint density at radius 3 is 2.53 bits per heavy atom. The quantitative estimate of drug-likeness (QED) is 0.616. The molecule has 4 rings (SSSR count). The monoisotopic (exact) mass is 484 g/mol. The average molecular weight is 485 g/mol. The minimum absolute atomic E-state index is 0.0542. The highest BCUT2D eigenvalue weighted by Gasteiger charge is 2.23. The van der Waals surface area contributed by atoms with Crippen LogP contribution in [-0.4, -0.2) is 79.6 Å². The first-order valence-corrected chi connectivity index (χ1v) is 12.0. The number of nitrogens with zero attached hydrogens (tertiary/aromatic N) is 3. The van der Waals surface area contributed by atoms with Gasteiger partial charge in [-0.25, -0.2) is 5.01 Å². The van der Waals surface area contributed by atoms with Gasteiger partial charge in [0.1, 0.15) is 0 Å². The number of nitrogens with one attached hydrogen (secondary N) is 1. The molecule has 0 bridgehead atoms. The fraction of sp³-hybridized carbons (Fsp3) is 0.375. The zero-order valence-electron chi connectivity index (χ0n) is 19.3. The topological polar surface area (TPSA) is 92.7 Å². The van der Waals surface area contributed by atoms with Crippen molar-refractivity contribution in [1.82, 2.24) is 9.91 Å². The molecule has 0 saturated carbocycles. The Kier molecular flexibility index (Phi) is 8.04. The second-order valence-corrected chi connectivity index (χ2v) is 8.79. The molecule has 2 aliphatic heterocycles. The summed E-state index contributed by atoms with van der Waals surface area (Å²) in [6, 6.07) is 13.1. The predicted octanol–water partition coefficient (Wildman–Crippen LogP) is 3.05. The third kappa shape index (κ3) is 6.07. The van der Waals surface area contributed by atoms with Crippen molar-refractivity contribution in [1.29, 1.82) is 0 Å². The Morgan fingerprint density at radius 1 is 1.09 bits per heavy atom. The number of hydrazone groups is 1. The molecule has 2 aromatic rings. The van der Waals surface area contributed by atoms with Gasteiger partial charge in [0.25, 0.3) is 0 Å². The number of amides is 2. The molecule has 2 amide bonds. The van der Waals surface area contributed by atoms with Gasteiger partial charge in [-0.2, -0.15) is 5.10 Å². The minimum Gasteiger partial charge on any atom is -0.493 e. The predicted molar refractivity (Wildman–Crippen MR) is 132 cm³/mol. The van der Waals surface area contributed by atoms with E-state index in [9.17, 15) is 9.59 Å². The number of hydrogen-bond donors (Lipinski definition) is 1. The molecule has 180 valence electrons. The van der Waals surface area contributed by atoms with E-state index in [4.69, 9.17) is 14.2 Å². The number of morpholine rings is 1.